The molecule has 1 amide bonds. The van der Waals surface area contributed by atoms with Gasteiger partial charge in [0.15, 0.2) is 0 Å². The van der Waals surface area contributed by atoms with Crippen molar-refractivity contribution in [2.24, 2.45) is 5.92 Å². The van der Waals surface area contributed by atoms with Gasteiger partial charge >= 0.3 is 0 Å². The molecule has 0 aliphatic carbocycles. The van der Waals surface area contributed by atoms with Crippen LogP contribution in [0.2, 0.25) is 10.0 Å². The van der Waals surface area contributed by atoms with Crippen molar-refractivity contribution >= 4 is 44.8 Å². The van der Waals surface area contributed by atoms with Crippen molar-refractivity contribution in [3.8, 4) is 0 Å². The van der Waals surface area contributed by atoms with Crippen molar-refractivity contribution in [3.05, 3.63) is 57.8 Å². The first kappa shape index (κ1) is 21.0. The fourth-order valence-corrected chi connectivity index (χ4v) is 5.05. The summed E-state index contributed by atoms with van der Waals surface area (Å²) in [5.74, 6) is -1.43. The molecule has 1 aliphatic heterocycles. The van der Waals surface area contributed by atoms with Crippen LogP contribution in [0.15, 0.2) is 41.3 Å². The molecule has 5 nitrogen and oxygen atoms in total. The third-order valence-electron chi connectivity index (χ3n) is 4.72. The number of carbonyl (C=O) groups excluding carboxylic acids is 1. The highest BCUT2D eigenvalue weighted by Crippen LogP contribution is 2.28. The van der Waals surface area contributed by atoms with Crippen LogP contribution in [-0.4, -0.2) is 31.7 Å². The zero-order valence-corrected chi connectivity index (χ0v) is 17.4. The third kappa shape index (κ3) is 4.49. The number of anilines is 1. The first-order valence-corrected chi connectivity index (χ1v) is 10.9. The molecule has 0 bridgehead atoms. The van der Waals surface area contributed by atoms with Gasteiger partial charge in [0.25, 0.3) is 0 Å². The number of aryl methyl sites for hydroxylation is 1. The Hall–Kier alpha value is -1.67. The van der Waals surface area contributed by atoms with E-state index < -0.39 is 21.8 Å². The lowest BCUT2D eigenvalue weighted by Gasteiger charge is -2.31. The quantitative estimate of drug-likeness (QED) is 0.755. The van der Waals surface area contributed by atoms with Gasteiger partial charge in [-0.15, -0.1) is 0 Å². The number of hydrogen-bond donors (Lipinski definition) is 1. The Balaban J connectivity index is 1.74. The van der Waals surface area contributed by atoms with Gasteiger partial charge < -0.3 is 5.32 Å². The summed E-state index contributed by atoms with van der Waals surface area (Å²) in [5.41, 5.74) is 1.15. The third-order valence-corrected chi connectivity index (χ3v) is 7.28. The maximum Gasteiger partial charge on any atom is 0.243 e. The zero-order chi connectivity index (χ0) is 20.5. The average Bonchev–Trinajstić information content (AvgIpc) is 2.67. The Kier molecular flexibility index (Phi) is 6.29. The number of nitrogens with one attached hydrogen (secondary N) is 1. The van der Waals surface area contributed by atoms with Crippen LogP contribution in [-0.2, 0) is 14.8 Å². The van der Waals surface area contributed by atoms with Crippen molar-refractivity contribution in [2.45, 2.75) is 24.7 Å². The molecular weight excluding hydrogens is 426 g/mol. The predicted molar refractivity (Wildman–Crippen MR) is 108 cm³/mol. The van der Waals surface area contributed by atoms with E-state index in [9.17, 15) is 17.6 Å². The molecule has 1 N–H and O–H groups in total. The van der Waals surface area contributed by atoms with Crippen LogP contribution < -0.4 is 5.32 Å². The maximum absolute atomic E-state index is 13.3. The lowest BCUT2D eigenvalue weighted by atomic mass is 9.99. The second-order valence-electron chi connectivity index (χ2n) is 6.73. The Morgan fingerprint density at radius 2 is 1.93 bits per heavy atom. The molecule has 2 aromatic carbocycles. The monoisotopic (exact) mass is 444 g/mol. The molecule has 0 saturated carbocycles. The summed E-state index contributed by atoms with van der Waals surface area (Å²) in [6.45, 7) is 2.19. The summed E-state index contributed by atoms with van der Waals surface area (Å²) in [6, 6.07) is 8.49. The topological polar surface area (TPSA) is 66.5 Å². The fraction of sp³-hybridized carbons (Fsp3) is 0.316. The van der Waals surface area contributed by atoms with Gasteiger partial charge in [0.2, 0.25) is 15.9 Å². The van der Waals surface area contributed by atoms with E-state index in [1.54, 1.807) is 13.0 Å². The van der Waals surface area contributed by atoms with Gasteiger partial charge in [0.1, 0.15) is 5.82 Å². The molecule has 0 spiro atoms. The van der Waals surface area contributed by atoms with E-state index in [1.165, 1.54) is 28.6 Å². The van der Waals surface area contributed by atoms with Gasteiger partial charge in [-0.3, -0.25) is 4.79 Å². The smallest absolute Gasteiger partial charge is 0.243 e. The number of benzene rings is 2. The molecule has 0 aromatic heterocycles. The summed E-state index contributed by atoms with van der Waals surface area (Å²) in [6.07, 6.45) is 1.11. The second kappa shape index (κ2) is 8.37. The van der Waals surface area contributed by atoms with Crippen molar-refractivity contribution in [2.75, 3.05) is 18.4 Å². The highest BCUT2D eigenvalue weighted by Gasteiger charge is 2.33. The van der Waals surface area contributed by atoms with Gasteiger partial charge in [0.05, 0.1) is 15.8 Å². The number of piperidine rings is 1. The van der Waals surface area contributed by atoms with E-state index in [0.717, 1.165) is 11.6 Å². The molecule has 1 aliphatic rings. The first-order valence-electron chi connectivity index (χ1n) is 8.70. The SMILES string of the molecule is Cc1ccc(S(=O)(=O)N2CCC[C@@H](C(=O)Nc3ccc(F)c(Cl)c3)C2)cc1Cl. The van der Waals surface area contributed by atoms with E-state index in [4.69, 9.17) is 23.2 Å². The lowest BCUT2D eigenvalue weighted by Crippen LogP contribution is -2.43. The van der Waals surface area contributed by atoms with Crippen LogP contribution in [0.5, 0.6) is 0 Å². The molecule has 1 fully saturated rings. The highest BCUT2D eigenvalue weighted by molar-refractivity contribution is 7.89. The Labute approximate surface area is 173 Å². The number of amides is 1. The number of rotatable bonds is 4. The summed E-state index contributed by atoms with van der Waals surface area (Å²) in [4.78, 5) is 12.7. The molecule has 1 saturated heterocycles. The fourth-order valence-electron chi connectivity index (χ4n) is 3.08. The van der Waals surface area contributed by atoms with E-state index in [1.807, 2.05) is 0 Å². The van der Waals surface area contributed by atoms with Crippen molar-refractivity contribution < 1.29 is 17.6 Å². The molecule has 3 rings (SSSR count). The van der Waals surface area contributed by atoms with Gasteiger partial charge in [-0.25, -0.2) is 12.8 Å². The largest absolute Gasteiger partial charge is 0.326 e. The number of carbonyl (C=O) groups is 1. The average molecular weight is 445 g/mol. The highest BCUT2D eigenvalue weighted by atomic mass is 35.5. The summed E-state index contributed by atoms with van der Waals surface area (Å²) >= 11 is 11.8. The molecule has 0 unspecified atom stereocenters. The van der Waals surface area contributed by atoms with Crippen molar-refractivity contribution in [1.82, 2.24) is 4.31 Å². The molecule has 1 heterocycles. The van der Waals surface area contributed by atoms with Crippen molar-refractivity contribution in [1.29, 1.82) is 0 Å². The molecule has 0 radical (unpaired) electrons. The first-order chi connectivity index (χ1) is 13.2. The number of sulfonamides is 1. The molecule has 9 heteroatoms. The lowest BCUT2D eigenvalue weighted by molar-refractivity contribution is -0.120. The Morgan fingerprint density at radius 3 is 2.61 bits per heavy atom. The minimum absolute atomic E-state index is 0.0641. The summed E-state index contributed by atoms with van der Waals surface area (Å²) < 4.78 is 40.4. The van der Waals surface area contributed by atoms with Crippen molar-refractivity contribution in [3.63, 3.8) is 0 Å². The number of nitrogens with zero attached hydrogens (tertiary/aromatic N) is 1. The van der Waals surface area contributed by atoms with E-state index >= 15 is 0 Å². The van der Waals surface area contributed by atoms with Crippen LogP contribution in [0.4, 0.5) is 10.1 Å². The summed E-state index contributed by atoms with van der Waals surface area (Å²) in [7, 11) is -3.75. The number of halogens is 3. The van der Waals surface area contributed by atoms with Crippen LogP contribution in [0.3, 0.4) is 0 Å². The van der Waals surface area contributed by atoms with Gasteiger partial charge in [-0.1, -0.05) is 29.3 Å². The Morgan fingerprint density at radius 1 is 1.18 bits per heavy atom. The second-order valence-corrected chi connectivity index (χ2v) is 9.48. The maximum atomic E-state index is 13.3. The van der Waals surface area contributed by atoms with Gasteiger partial charge in [-0.05, 0) is 55.7 Å². The van der Waals surface area contributed by atoms with Crippen LogP contribution >= 0.6 is 23.2 Å². The number of hydrogen-bond acceptors (Lipinski definition) is 3. The molecule has 1 atom stereocenters. The molecule has 28 heavy (non-hydrogen) atoms. The van der Waals surface area contributed by atoms with E-state index in [0.29, 0.717) is 30.1 Å². The Bertz CT molecular complexity index is 1010. The minimum Gasteiger partial charge on any atom is -0.326 e. The van der Waals surface area contributed by atoms with Crippen LogP contribution in [0.1, 0.15) is 18.4 Å². The molecule has 150 valence electrons. The van der Waals surface area contributed by atoms with Crippen LogP contribution in [0, 0.1) is 18.7 Å². The molecular formula is C19H19Cl2FN2O3S. The van der Waals surface area contributed by atoms with E-state index in [-0.39, 0.29) is 22.4 Å². The normalized spacial score (nSPS) is 18.1. The van der Waals surface area contributed by atoms with Gasteiger partial charge in [0, 0.05) is 23.8 Å². The zero-order valence-electron chi connectivity index (χ0n) is 15.1. The molecule has 2 aromatic rings. The van der Waals surface area contributed by atoms with Gasteiger partial charge in [-0.2, -0.15) is 4.31 Å². The summed E-state index contributed by atoms with van der Waals surface area (Å²) in [5, 5.41) is 2.96. The predicted octanol–water partition coefficient (Wildman–Crippen LogP) is 4.48. The van der Waals surface area contributed by atoms with Crippen LogP contribution in [0.25, 0.3) is 0 Å². The standard InChI is InChI=1S/C19H19Cl2FN2O3S/c1-12-4-6-15(10-16(12)20)28(26,27)24-8-2-3-13(11-24)19(25)23-14-5-7-18(22)17(21)9-14/h4-7,9-10,13H,2-3,8,11H2,1H3,(H,23,25)/t13-/m1/s1. The minimum atomic E-state index is -3.75. The van der Waals surface area contributed by atoms with E-state index in [2.05, 4.69) is 5.32 Å².